The first kappa shape index (κ1) is 12.5. The first-order chi connectivity index (χ1) is 8.29. The highest BCUT2D eigenvalue weighted by Crippen LogP contribution is 2.27. The zero-order valence-corrected chi connectivity index (χ0v) is 10.8. The first-order valence-electron chi connectivity index (χ1n) is 5.35. The van der Waals surface area contributed by atoms with Crippen molar-refractivity contribution in [2.75, 3.05) is 0 Å². The Balaban J connectivity index is 2.02. The van der Waals surface area contributed by atoms with E-state index < -0.39 is 0 Å². The van der Waals surface area contributed by atoms with Gasteiger partial charge in [-0.05, 0) is 23.3 Å². The lowest BCUT2D eigenvalue weighted by molar-refractivity contribution is 0.282. The smallest absolute Gasteiger partial charge is 0.0696 e. The molecule has 0 aliphatic heterocycles. The molecule has 3 heteroatoms. The van der Waals surface area contributed by atoms with Gasteiger partial charge in [0.05, 0.1) is 6.61 Å². The highest BCUT2D eigenvalue weighted by atomic mass is 35.5. The summed E-state index contributed by atoms with van der Waals surface area (Å²) in [7, 11) is 0. The third-order valence-corrected chi connectivity index (χ3v) is 3.86. The molecule has 0 spiro atoms. The van der Waals surface area contributed by atoms with Crippen LogP contribution in [0.4, 0.5) is 0 Å². The van der Waals surface area contributed by atoms with Gasteiger partial charge in [0.2, 0.25) is 0 Å². The maximum atomic E-state index is 9.03. The molecule has 1 N–H and O–H groups in total. The molecule has 0 heterocycles. The number of thioether (sulfide) groups is 1. The van der Waals surface area contributed by atoms with Gasteiger partial charge in [-0.2, -0.15) is 0 Å². The molecule has 17 heavy (non-hydrogen) atoms. The van der Waals surface area contributed by atoms with Crippen molar-refractivity contribution in [2.45, 2.75) is 17.3 Å². The predicted octanol–water partition coefficient (Wildman–Crippen LogP) is 4.12. The third kappa shape index (κ3) is 3.50. The van der Waals surface area contributed by atoms with E-state index in [0.717, 1.165) is 16.2 Å². The zero-order chi connectivity index (χ0) is 12.1. The number of aliphatic hydroxyl groups is 1. The summed E-state index contributed by atoms with van der Waals surface area (Å²) in [4.78, 5) is 1.12. The van der Waals surface area contributed by atoms with Crippen molar-refractivity contribution < 1.29 is 5.11 Å². The maximum Gasteiger partial charge on any atom is 0.0696 e. The lowest BCUT2D eigenvalue weighted by Gasteiger charge is -2.05. The Labute approximate surface area is 110 Å². The Kier molecular flexibility index (Phi) is 4.49. The van der Waals surface area contributed by atoms with Crippen LogP contribution in [0.2, 0.25) is 5.02 Å². The van der Waals surface area contributed by atoms with E-state index in [-0.39, 0.29) is 6.61 Å². The minimum atomic E-state index is -0.0114. The average Bonchev–Trinajstić information content (AvgIpc) is 2.38. The summed E-state index contributed by atoms with van der Waals surface area (Å²) in [6, 6.07) is 16.1. The molecule has 0 saturated carbocycles. The molecule has 0 amide bonds. The SMILES string of the molecule is OCc1ccc(SCc2ccccc2)cc1Cl. The fourth-order valence-corrected chi connectivity index (χ4v) is 2.68. The van der Waals surface area contributed by atoms with Crippen LogP contribution in [0.15, 0.2) is 53.4 Å². The quantitative estimate of drug-likeness (QED) is 0.838. The van der Waals surface area contributed by atoms with Crippen LogP contribution in [0.25, 0.3) is 0 Å². The van der Waals surface area contributed by atoms with Crippen LogP contribution in [0.5, 0.6) is 0 Å². The lowest BCUT2D eigenvalue weighted by Crippen LogP contribution is -1.85. The Morgan fingerprint density at radius 1 is 1.06 bits per heavy atom. The molecule has 0 aromatic heterocycles. The Morgan fingerprint density at radius 3 is 2.47 bits per heavy atom. The molecule has 2 rings (SSSR count). The van der Waals surface area contributed by atoms with E-state index in [0.29, 0.717) is 5.02 Å². The standard InChI is InChI=1S/C14H13ClOS/c15-14-8-13(7-6-12(14)9-16)17-10-11-4-2-1-3-5-11/h1-8,16H,9-10H2. The minimum absolute atomic E-state index is 0.0114. The number of halogens is 1. The highest BCUT2D eigenvalue weighted by Gasteiger charge is 2.01. The monoisotopic (exact) mass is 264 g/mol. The summed E-state index contributed by atoms with van der Waals surface area (Å²) in [6.45, 7) is -0.0114. The Hall–Kier alpha value is -0.960. The average molecular weight is 265 g/mol. The zero-order valence-electron chi connectivity index (χ0n) is 9.27. The molecule has 88 valence electrons. The molecular formula is C14H13ClOS. The van der Waals surface area contributed by atoms with Crippen LogP contribution >= 0.6 is 23.4 Å². The van der Waals surface area contributed by atoms with E-state index in [1.165, 1.54) is 5.56 Å². The van der Waals surface area contributed by atoms with Crippen molar-refractivity contribution in [3.05, 3.63) is 64.7 Å². The minimum Gasteiger partial charge on any atom is -0.392 e. The normalized spacial score (nSPS) is 10.5. The van der Waals surface area contributed by atoms with Crippen LogP contribution < -0.4 is 0 Å². The van der Waals surface area contributed by atoms with E-state index in [9.17, 15) is 0 Å². The lowest BCUT2D eigenvalue weighted by atomic mass is 10.2. The van der Waals surface area contributed by atoms with E-state index in [1.54, 1.807) is 11.8 Å². The van der Waals surface area contributed by atoms with Gasteiger partial charge in [-0.3, -0.25) is 0 Å². The van der Waals surface area contributed by atoms with Crippen molar-refractivity contribution in [1.82, 2.24) is 0 Å². The van der Waals surface area contributed by atoms with Gasteiger partial charge in [0.15, 0.2) is 0 Å². The maximum absolute atomic E-state index is 9.03. The summed E-state index contributed by atoms with van der Waals surface area (Å²) < 4.78 is 0. The van der Waals surface area contributed by atoms with Crippen LogP contribution in [0.1, 0.15) is 11.1 Å². The van der Waals surface area contributed by atoms with Crippen LogP contribution in [0.3, 0.4) is 0 Å². The highest BCUT2D eigenvalue weighted by molar-refractivity contribution is 7.98. The van der Waals surface area contributed by atoms with Crippen molar-refractivity contribution in [3.8, 4) is 0 Å². The molecule has 2 aromatic carbocycles. The van der Waals surface area contributed by atoms with Gasteiger partial charge in [-0.1, -0.05) is 48.0 Å². The predicted molar refractivity (Wildman–Crippen MR) is 73.4 cm³/mol. The fraction of sp³-hybridized carbons (Fsp3) is 0.143. The first-order valence-corrected chi connectivity index (χ1v) is 6.72. The molecule has 0 unspecified atom stereocenters. The number of rotatable bonds is 4. The molecule has 0 bridgehead atoms. The number of hydrogen-bond donors (Lipinski definition) is 1. The van der Waals surface area contributed by atoms with Gasteiger partial charge in [0, 0.05) is 15.7 Å². The summed E-state index contributed by atoms with van der Waals surface area (Å²) in [6.07, 6.45) is 0. The summed E-state index contributed by atoms with van der Waals surface area (Å²) in [5.41, 5.74) is 2.07. The van der Waals surface area contributed by atoms with Crippen molar-refractivity contribution in [1.29, 1.82) is 0 Å². The van der Waals surface area contributed by atoms with Crippen molar-refractivity contribution in [3.63, 3.8) is 0 Å². The second kappa shape index (κ2) is 6.10. The molecule has 2 aromatic rings. The van der Waals surface area contributed by atoms with E-state index in [2.05, 4.69) is 12.1 Å². The van der Waals surface area contributed by atoms with E-state index in [1.807, 2.05) is 36.4 Å². The second-order valence-electron chi connectivity index (χ2n) is 3.69. The molecule has 0 aliphatic rings. The summed E-state index contributed by atoms with van der Waals surface area (Å²) >= 11 is 7.78. The molecule has 0 fully saturated rings. The topological polar surface area (TPSA) is 20.2 Å². The van der Waals surface area contributed by atoms with E-state index >= 15 is 0 Å². The molecular weight excluding hydrogens is 252 g/mol. The number of hydrogen-bond acceptors (Lipinski definition) is 2. The molecule has 0 radical (unpaired) electrons. The summed E-state index contributed by atoms with van der Waals surface area (Å²) in [5.74, 6) is 0.926. The number of benzene rings is 2. The van der Waals surface area contributed by atoms with Gasteiger partial charge in [0.25, 0.3) is 0 Å². The second-order valence-corrected chi connectivity index (χ2v) is 5.14. The van der Waals surface area contributed by atoms with Gasteiger partial charge in [-0.25, -0.2) is 0 Å². The molecule has 0 saturated heterocycles. The summed E-state index contributed by atoms with van der Waals surface area (Å²) in [5, 5.41) is 9.66. The molecule has 1 nitrogen and oxygen atoms in total. The Bertz CT molecular complexity index is 485. The van der Waals surface area contributed by atoms with Crippen molar-refractivity contribution >= 4 is 23.4 Å². The van der Waals surface area contributed by atoms with Crippen molar-refractivity contribution in [2.24, 2.45) is 0 Å². The van der Waals surface area contributed by atoms with Crippen LogP contribution in [-0.4, -0.2) is 5.11 Å². The van der Waals surface area contributed by atoms with Crippen LogP contribution in [0, 0.1) is 0 Å². The number of aliphatic hydroxyl groups excluding tert-OH is 1. The molecule has 0 atom stereocenters. The van der Waals surface area contributed by atoms with Gasteiger partial charge >= 0.3 is 0 Å². The van der Waals surface area contributed by atoms with Gasteiger partial charge in [-0.15, -0.1) is 11.8 Å². The largest absolute Gasteiger partial charge is 0.392 e. The van der Waals surface area contributed by atoms with Gasteiger partial charge in [0.1, 0.15) is 0 Å². The van der Waals surface area contributed by atoms with Gasteiger partial charge < -0.3 is 5.11 Å². The van der Waals surface area contributed by atoms with E-state index in [4.69, 9.17) is 16.7 Å². The molecule has 0 aliphatic carbocycles. The fourth-order valence-electron chi connectivity index (χ4n) is 1.49. The third-order valence-electron chi connectivity index (χ3n) is 2.44. The van der Waals surface area contributed by atoms with Crippen LogP contribution in [-0.2, 0) is 12.4 Å². The Morgan fingerprint density at radius 2 is 1.82 bits per heavy atom.